The molecule has 1 aromatic carbocycles. The lowest BCUT2D eigenvalue weighted by Crippen LogP contribution is -2.45. The predicted octanol–water partition coefficient (Wildman–Crippen LogP) is 0.803. The molecule has 4 rings (SSSR count). The van der Waals surface area contributed by atoms with Gasteiger partial charge in [-0.1, -0.05) is 6.07 Å². The first-order chi connectivity index (χ1) is 11.2. The van der Waals surface area contributed by atoms with Crippen molar-refractivity contribution in [1.82, 2.24) is 15.5 Å². The number of likely N-dealkylation sites (tertiary alicyclic amines) is 1. The maximum absolute atomic E-state index is 12.7. The number of fused-ring (bicyclic) bond motifs is 1. The van der Waals surface area contributed by atoms with Crippen LogP contribution in [-0.4, -0.2) is 49.2 Å². The summed E-state index contributed by atoms with van der Waals surface area (Å²) in [4.78, 5) is 25.8. The Bertz CT molecular complexity index is 648. The predicted molar refractivity (Wildman–Crippen MR) is 81.4 cm³/mol. The second kappa shape index (κ2) is 5.64. The van der Waals surface area contributed by atoms with Crippen LogP contribution in [0.15, 0.2) is 18.2 Å². The van der Waals surface area contributed by atoms with E-state index < -0.39 is 6.04 Å². The first kappa shape index (κ1) is 14.2. The van der Waals surface area contributed by atoms with E-state index in [1.54, 1.807) is 0 Å². The summed E-state index contributed by atoms with van der Waals surface area (Å²) >= 11 is 0. The summed E-state index contributed by atoms with van der Waals surface area (Å²) < 4.78 is 11.2. The van der Waals surface area contributed by atoms with Crippen molar-refractivity contribution < 1.29 is 19.1 Å². The van der Waals surface area contributed by atoms with Crippen LogP contribution in [0.4, 0.5) is 4.79 Å². The minimum Gasteiger partial charge on any atom is -0.486 e. The van der Waals surface area contributed by atoms with Crippen LogP contribution in [0.1, 0.15) is 24.4 Å². The molecule has 0 spiro atoms. The Hall–Kier alpha value is -2.44. The summed E-state index contributed by atoms with van der Waals surface area (Å²) in [6.07, 6.45) is 1.87. The van der Waals surface area contributed by atoms with E-state index in [1.165, 1.54) is 0 Å². The van der Waals surface area contributed by atoms with Crippen LogP contribution in [0.3, 0.4) is 0 Å². The van der Waals surface area contributed by atoms with Gasteiger partial charge in [0.2, 0.25) is 5.91 Å². The number of rotatable bonds is 2. The lowest BCUT2D eigenvalue weighted by atomic mass is 10.0. The molecule has 3 aliphatic heterocycles. The van der Waals surface area contributed by atoms with Gasteiger partial charge in [0, 0.05) is 13.1 Å². The molecule has 2 fully saturated rings. The normalized spacial score (nSPS) is 25.9. The highest BCUT2D eigenvalue weighted by Crippen LogP contribution is 2.38. The first-order valence-electron chi connectivity index (χ1n) is 7.97. The van der Waals surface area contributed by atoms with Crippen molar-refractivity contribution in [3.05, 3.63) is 23.8 Å². The fourth-order valence-corrected chi connectivity index (χ4v) is 3.45. The molecule has 0 aliphatic carbocycles. The molecule has 7 nitrogen and oxygen atoms in total. The number of ether oxygens (including phenoxy) is 2. The monoisotopic (exact) mass is 317 g/mol. The molecule has 3 heterocycles. The third kappa shape index (κ3) is 2.56. The smallest absolute Gasteiger partial charge is 0.315 e. The maximum Gasteiger partial charge on any atom is 0.315 e. The molecule has 0 saturated carbocycles. The number of carbonyl (C=O) groups excluding carboxylic acids is 2. The summed E-state index contributed by atoms with van der Waals surface area (Å²) in [6, 6.07) is 5.14. The first-order valence-corrected chi connectivity index (χ1v) is 7.97. The van der Waals surface area contributed by atoms with E-state index in [1.807, 2.05) is 23.1 Å². The van der Waals surface area contributed by atoms with Crippen molar-refractivity contribution in [1.29, 1.82) is 0 Å². The van der Waals surface area contributed by atoms with Gasteiger partial charge in [-0.25, -0.2) is 4.79 Å². The van der Waals surface area contributed by atoms with Gasteiger partial charge in [0.1, 0.15) is 19.3 Å². The van der Waals surface area contributed by atoms with Gasteiger partial charge in [0.15, 0.2) is 11.5 Å². The van der Waals surface area contributed by atoms with E-state index in [-0.39, 0.29) is 18.0 Å². The Balaban J connectivity index is 1.55. The fraction of sp³-hybridized carbons (Fsp3) is 0.500. The summed E-state index contributed by atoms with van der Waals surface area (Å²) in [5, 5.41) is 5.30. The zero-order valence-electron chi connectivity index (χ0n) is 12.7. The number of carbonyl (C=O) groups is 2. The van der Waals surface area contributed by atoms with Crippen LogP contribution < -0.4 is 20.1 Å². The topological polar surface area (TPSA) is 79.9 Å². The molecule has 3 aliphatic rings. The molecule has 122 valence electrons. The molecular formula is C16H19N3O4. The number of hydrogen-bond donors (Lipinski definition) is 2. The molecule has 23 heavy (non-hydrogen) atoms. The number of nitrogens with one attached hydrogen (secondary N) is 2. The molecule has 1 aromatic rings. The molecule has 3 amide bonds. The highest BCUT2D eigenvalue weighted by molar-refractivity contribution is 5.90. The minimum atomic E-state index is -0.472. The third-order valence-electron chi connectivity index (χ3n) is 4.56. The molecule has 2 saturated heterocycles. The molecule has 7 heteroatoms. The molecule has 0 radical (unpaired) electrons. The van der Waals surface area contributed by atoms with E-state index >= 15 is 0 Å². The van der Waals surface area contributed by atoms with Gasteiger partial charge in [-0.2, -0.15) is 0 Å². The molecule has 2 N–H and O–H groups in total. The van der Waals surface area contributed by atoms with Crippen LogP contribution in [0.5, 0.6) is 11.5 Å². The zero-order valence-corrected chi connectivity index (χ0v) is 12.7. The number of urea groups is 1. The van der Waals surface area contributed by atoms with Gasteiger partial charge in [-0.15, -0.1) is 0 Å². The Morgan fingerprint density at radius 2 is 2.04 bits per heavy atom. The van der Waals surface area contributed by atoms with E-state index in [9.17, 15) is 9.59 Å². The van der Waals surface area contributed by atoms with Crippen LogP contribution >= 0.6 is 0 Å². The van der Waals surface area contributed by atoms with Gasteiger partial charge in [0.05, 0.1) is 6.04 Å². The van der Waals surface area contributed by atoms with Crippen LogP contribution in [0, 0.1) is 0 Å². The highest BCUT2D eigenvalue weighted by atomic mass is 16.6. The van der Waals surface area contributed by atoms with Crippen molar-refractivity contribution in [3.8, 4) is 11.5 Å². The largest absolute Gasteiger partial charge is 0.486 e. The van der Waals surface area contributed by atoms with Crippen LogP contribution in [0.25, 0.3) is 0 Å². The number of amides is 3. The molecule has 0 aromatic heterocycles. The van der Waals surface area contributed by atoms with Gasteiger partial charge >= 0.3 is 6.03 Å². The maximum atomic E-state index is 12.7. The van der Waals surface area contributed by atoms with Gasteiger partial charge in [0.25, 0.3) is 0 Å². The Morgan fingerprint density at radius 3 is 2.83 bits per heavy atom. The second-order valence-electron chi connectivity index (χ2n) is 6.00. The number of hydrogen-bond acceptors (Lipinski definition) is 4. The molecular weight excluding hydrogens is 298 g/mol. The van der Waals surface area contributed by atoms with Crippen molar-refractivity contribution in [3.63, 3.8) is 0 Å². The van der Waals surface area contributed by atoms with Crippen molar-refractivity contribution in [2.24, 2.45) is 0 Å². The van der Waals surface area contributed by atoms with Crippen molar-refractivity contribution >= 4 is 11.9 Å². The van der Waals surface area contributed by atoms with Crippen molar-refractivity contribution in [2.75, 3.05) is 26.3 Å². The number of nitrogens with zero attached hydrogens (tertiary/aromatic N) is 1. The average Bonchev–Trinajstić information content (AvgIpc) is 3.23. The second-order valence-corrected chi connectivity index (χ2v) is 6.00. The summed E-state index contributed by atoms with van der Waals surface area (Å²) in [6.45, 7) is 2.17. The molecule has 0 bridgehead atoms. The SMILES string of the molecule is O=C1NCC(C(=O)N2CCCC2c2ccc3c(c2)OCCO3)N1. The van der Waals surface area contributed by atoms with Crippen molar-refractivity contribution in [2.45, 2.75) is 24.9 Å². The Labute approximate surface area is 133 Å². The standard InChI is InChI=1S/C16H19N3O4/c20-15(11-9-17-16(21)18-11)19-5-1-2-12(19)10-3-4-13-14(8-10)23-7-6-22-13/h3-4,8,11-12H,1-2,5-7,9H2,(H2,17,18,21). The lowest BCUT2D eigenvalue weighted by molar-refractivity contribution is -0.133. The summed E-state index contributed by atoms with van der Waals surface area (Å²) in [7, 11) is 0. The van der Waals surface area contributed by atoms with E-state index in [4.69, 9.17) is 9.47 Å². The Morgan fingerprint density at radius 1 is 1.22 bits per heavy atom. The van der Waals surface area contributed by atoms with E-state index in [0.29, 0.717) is 26.3 Å². The summed E-state index contributed by atoms with van der Waals surface area (Å²) in [5.74, 6) is 1.47. The Kier molecular flexibility index (Phi) is 3.48. The summed E-state index contributed by atoms with van der Waals surface area (Å²) in [5.41, 5.74) is 1.05. The van der Waals surface area contributed by atoms with Crippen LogP contribution in [0.2, 0.25) is 0 Å². The average molecular weight is 317 g/mol. The third-order valence-corrected chi connectivity index (χ3v) is 4.56. The number of benzene rings is 1. The zero-order chi connectivity index (χ0) is 15.8. The molecule has 2 unspecified atom stereocenters. The van der Waals surface area contributed by atoms with E-state index in [0.717, 1.165) is 29.9 Å². The fourth-order valence-electron chi connectivity index (χ4n) is 3.45. The van der Waals surface area contributed by atoms with Gasteiger partial charge in [-0.3, -0.25) is 4.79 Å². The quantitative estimate of drug-likeness (QED) is 0.846. The minimum absolute atomic E-state index is 0.0239. The molecule has 2 atom stereocenters. The van der Waals surface area contributed by atoms with E-state index in [2.05, 4.69) is 10.6 Å². The van der Waals surface area contributed by atoms with Gasteiger partial charge in [-0.05, 0) is 30.5 Å². The lowest BCUT2D eigenvalue weighted by Gasteiger charge is -2.28. The highest BCUT2D eigenvalue weighted by Gasteiger charge is 2.37. The van der Waals surface area contributed by atoms with Gasteiger partial charge < -0.3 is 25.0 Å². The van der Waals surface area contributed by atoms with Crippen LogP contribution in [-0.2, 0) is 4.79 Å².